The smallest absolute Gasteiger partial charge is 0.246 e. The number of nitrogens with zero attached hydrogens (tertiary/aromatic N) is 3. The molecule has 8 heteroatoms. The number of halogens is 1. The second kappa shape index (κ2) is 9.05. The van der Waals surface area contributed by atoms with Crippen molar-refractivity contribution in [2.24, 2.45) is 4.99 Å². The SMILES string of the molecule is CN=C(NCc1ccc(OC)cc1)NCc1nc(-c2ccc(Cl)cc2)no1. The summed E-state index contributed by atoms with van der Waals surface area (Å²) in [5.41, 5.74) is 1.96. The van der Waals surface area contributed by atoms with Gasteiger partial charge in [-0.2, -0.15) is 4.98 Å². The van der Waals surface area contributed by atoms with E-state index in [-0.39, 0.29) is 0 Å². The summed E-state index contributed by atoms with van der Waals surface area (Å²) in [7, 11) is 3.35. The van der Waals surface area contributed by atoms with Gasteiger partial charge in [-0.05, 0) is 42.0 Å². The normalized spacial score (nSPS) is 11.3. The standard InChI is InChI=1S/C19H20ClN5O2/c1-21-19(22-11-13-3-9-16(26-2)10-4-13)23-12-17-24-18(25-27-17)14-5-7-15(20)8-6-14/h3-10H,11-12H2,1-2H3,(H2,21,22,23). The summed E-state index contributed by atoms with van der Waals surface area (Å²) in [5, 5.41) is 11.0. The van der Waals surface area contributed by atoms with Crippen LogP contribution in [0.2, 0.25) is 5.02 Å². The third-order valence-electron chi connectivity index (χ3n) is 3.82. The van der Waals surface area contributed by atoms with Crippen LogP contribution in [0, 0.1) is 0 Å². The zero-order chi connectivity index (χ0) is 19.1. The van der Waals surface area contributed by atoms with Crippen LogP contribution in [0.25, 0.3) is 11.4 Å². The lowest BCUT2D eigenvalue weighted by molar-refractivity contribution is 0.375. The number of aromatic nitrogens is 2. The molecule has 0 unspecified atom stereocenters. The van der Waals surface area contributed by atoms with Crippen LogP contribution in [0.4, 0.5) is 0 Å². The summed E-state index contributed by atoms with van der Waals surface area (Å²) in [5.74, 6) is 2.45. The molecule has 2 aromatic carbocycles. The molecule has 0 saturated heterocycles. The van der Waals surface area contributed by atoms with Gasteiger partial charge in [0, 0.05) is 24.2 Å². The molecule has 0 spiro atoms. The van der Waals surface area contributed by atoms with Crippen molar-refractivity contribution in [1.82, 2.24) is 20.8 Å². The molecule has 3 aromatic rings. The van der Waals surface area contributed by atoms with E-state index in [0.29, 0.717) is 35.8 Å². The largest absolute Gasteiger partial charge is 0.497 e. The van der Waals surface area contributed by atoms with Crippen molar-refractivity contribution in [1.29, 1.82) is 0 Å². The molecular weight excluding hydrogens is 366 g/mol. The fourth-order valence-electron chi connectivity index (χ4n) is 2.35. The Bertz CT molecular complexity index is 891. The quantitative estimate of drug-likeness (QED) is 0.500. The molecule has 0 bridgehead atoms. The first-order valence-corrected chi connectivity index (χ1v) is 8.71. The number of methoxy groups -OCH3 is 1. The van der Waals surface area contributed by atoms with E-state index in [2.05, 4.69) is 25.8 Å². The van der Waals surface area contributed by atoms with Gasteiger partial charge in [0.2, 0.25) is 11.7 Å². The molecule has 1 aromatic heterocycles. The Morgan fingerprint density at radius 1 is 1.07 bits per heavy atom. The Balaban J connectivity index is 1.52. The Kier molecular flexibility index (Phi) is 6.27. The first kappa shape index (κ1) is 18.7. The highest BCUT2D eigenvalue weighted by molar-refractivity contribution is 6.30. The number of benzene rings is 2. The number of rotatable bonds is 6. The number of aliphatic imine (C=N–C) groups is 1. The van der Waals surface area contributed by atoms with E-state index in [1.807, 2.05) is 36.4 Å². The second-order valence-corrected chi connectivity index (χ2v) is 6.08. The second-order valence-electron chi connectivity index (χ2n) is 5.65. The van der Waals surface area contributed by atoms with Crippen molar-refractivity contribution >= 4 is 17.6 Å². The van der Waals surface area contributed by atoms with Crippen molar-refractivity contribution < 1.29 is 9.26 Å². The molecule has 0 radical (unpaired) electrons. The van der Waals surface area contributed by atoms with Crippen LogP contribution >= 0.6 is 11.6 Å². The highest BCUT2D eigenvalue weighted by Crippen LogP contribution is 2.18. The van der Waals surface area contributed by atoms with Crippen LogP contribution in [0.5, 0.6) is 5.75 Å². The van der Waals surface area contributed by atoms with Crippen LogP contribution in [-0.2, 0) is 13.1 Å². The number of guanidine groups is 1. The maximum absolute atomic E-state index is 5.89. The molecular formula is C19H20ClN5O2. The molecule has 0 saturated carbocycles. The van der Waals surface area contributed by atoms with Crippen molar-refractivity contribution in [3.8, 4) is 17.1 Å². The lowest BCUT2D eigenvalue weighted by Gasteiger charge is -2.10. The topological polar surface area (TPSA) is 84.6 Å². The monoisotopic (exact) mass is 385 g/mol. The zero-order valence-corrected chi connectivity index (χ0v) is 15.8. The molecule has 0 aliphatic carbocycles. The molecule has 0 amide bonds. The van der Waals surface area contributed by atoms with E-state index in [1.54, 1.807) is 26.3 Å². The van der Waals surface area contributed by atoms with E-state index in [1.165, 1.54) is 0 Å². The van der Waals surface area contributed by atoms with Crippen LogP contribution in [-0.4, -0.2) is 30.3 Å². The lowest BCUT2D eigenvalue weighted by atomic mass is 10.2. The average molecular weight is 386 g/mol. The van der Waals surface area contributed by atoms with E-state index in [9.17, 15) is 0 Å². The molecule has 1 heterocycles. The predicted molar refractivity (Wildman–Crippen MR) is 105 cm³/mol. The molecule has 0 fully saturated rings. The minimum atomic E-state index is 0.364. The number of hydrogen-bond donors (Lipinski definition) is 2. The van der Waals surface area contributed by atoms with Crippen LogP contribution in [0.3, 0.4) is 0 Å². The van der Waals surface area contributed by atoms with E-state index in [4.69, 9.17) is 20.9 Å². The maximum atomic E-state index is 5.89. The number of nitrogens with one attached hydrogen (secondary N) is 2. The Hall–Kier alpha value is -3.06. The van der Waals surface area contributed by atoms with Gasteiger partial charge in [-0.1, -0.05) is 28.9 Å². The summed E-state index contributed by atoms with van der Waals surface area (Å²) in [6.07, 6.45) is 0. The Morgan fingerprint density at radius 2 is 1.78 bits per heavy atom. The molecule has 0 aliphatic rings. The summed E-state index contributed by atoms with van der Waals surface area (Å²) in [6, 6.07) is 15.1. The first-order chi connectivity index (χ1) is 13.2. The summed E-state index contributed by atoms with van der Waals surface area (Å²) in [4.78, 5) is 8.57. The first-order valence-electron chi connectivity index (χ1n) is 8.34. The fraction of sp³-hybridized carbons (Fsp3) is 0.211. The molecule has 0 aliphatic heterocycles. The van der Waals surface area contributed by atoms with Gasteiger partial charge in [0.15, 0.2) is 5.96 Å². The van der Waals surface area contributed by atoms with Gasteiger partial charge in [0.1, 0.15) is 5.75 Å². The third-order valence-corrected chi connectivity index (χ3v) is 4.07. The van der Waals surface area contributed by atoms with E-state index in [0.717, 1.165) is 16.9 Å². The Labute approximate surface area is 162 Å². The highest BCUT2D eigenvalue weighted by atomic mass is 35.5. The molecule has 0 atom stereocenters. The minimum Gasteiger partial charge on any atom is -0.497 e. The zero-order valence-electron chi connectivity index (χ0n) is 15.1. The highest BCUT2D eigenvalue weighted by Gasteiger charge is 2.09. The van der Waals surface area contributed by atoms with Crippen molar-refractivity contribution in [2.75, 3.05) is 14.2 Å². The molecule has 7 nitrogen and oxygen atoms in total. The lowest BCUT2D eigenvalue weighted by Crippen LogP contribution is -2.36. The van der Waals surface area contributed by atoms with Gasteiger partial charge in [-0.3, -0.25) is 4.99 Å². The number of ether oxygens (including phenoxy) is 1. The van der Waals surface area contributed by atoms with Crippen LogP contribution < -0.4 is 15.4 Å². The maximum Gasteiger partial charge on any atom is 0.246 e. The van der Waals surface area contributed by atoms with Gasteiger partial charge in [-0.25, -0.2) is 0 Å². The molecule has 3 rings (SSSR count). The molecule has 27 heavy (non-hydrogen) atoms. The summed E-state index contributed by atoms with van der Waals surface area (Å²) < 4.78 is 10.4. The molecule has 140 valence electrons. The van der Waals surface area contributed by atoms with Crippen molar-refractivity contribution in [2.45, 2.75) is 13.1 Å². The van der Waals surface area contributed by atoms with E-state index >= 15 is 0 Å². The van der Waals surface area contributed by atoms with Gasteiger partial charge >= 0.3 is 0 Å². The average Bonchev–Trinajstić information content (AvgIpc) is 3.18. The number of hydrogen-bond acceptors (Lipinski definition) is 5. The van der Waals surface area contributed by atoms with Gasteiger partial charge in [0.25, 0.3) is 0 Å². The minimum absolute atomic E-state index is 0.364. The van der Waals surface area contributed by atoms with Gasteiger partial charge in [0.05, 0.1) is 13.7 Å². The van der Waals surface area contributed by atoms with Crippen LogP contribution in [0.15, 0.2) is 58.0 Å². The predicted octanol–water partition coefficient (Wildman–Crippen LogP) is 3.26. The van der Waals surface area contributed by atoms with Gasteiger partial charge < -0.3 is 19.9 Å². The van der Waals surface area contributed by atoms with Crippen LogP contribution in [0.1, 0.15) is 11.5 Å². The molecule has 2 N–H and O–H groups in total. The van der Waals surface area contributed by atoms with Crippen molar-refractivity contribution in [3.05, 3.63) is 65.0 Å². The fourth-order valence-corrected chi connectivity index (χ4v) is 2.48. The summed E-state index contributed by atoms with van der Waals surface area (Å²) >= 11 is 5.89. The Morgan fingerprint density at radius 3 is 2.44 bits per heavy atom. The third kappa shape index (κ3) is 5.21. The van der Waals surface area contributed by atoms with E-state index < -0.39 is 0 Å². The summed E-state index contributed by atoms with van der Waals surface area (Å²) in [6.45, 7) is 0.992. The van der Waals surface area contributed by atoms with Crippen molar-refractivity contribution in [3.63, 3.8) is 0 Å². The van der Waals surface area contributed by atoms with Gasteiger partial charge in [-0.15, -0.1) is 0 Å².